The highest BCUT2D eigenvalue weighted by molar-refractivity contribution is 5.12. The minimum atomic E-state index is 0.803. The van der Waals surface area contributed by atoms with Crippen molar-refractivity contribution in [1.82, 2.24) is 0 Å². The van der Waals surface area contributed by atoms with E-state index in [4.69, 9.17) is 0 Å². The fourth-order valence-electron chi connectivity index (χ4n) is 2.50. The Morgan fingerprint density at radius 1 is 1.09 bits per heavy atom. The van der Waals surface area contributed by atoms with Crippen LogP contribution in [0.5, 0.6) is 0 Å². The summed E-state index contributed by atoms with van der Waals surface area (Å²) >= 11 is 0. The lowest BCUT2D eigenvalue weighted by Gasteiger charge is -2.19. The van der Waals surface area contributed by atoms with Gasteiger partial charge in [-0.05, 0) is 30.6 Å². The average Bonchev–Trinajstić information content (AvgIpc) is 2.40. The third kappa shape index (κ3) is 1.26. The average molecular weight is 148 g/mol. The molecule has 1 fully saturated rings. The maximum Gasteiger partial charge on any atom is -0.0197 e. The molecule has 0 spiro atoms. The summed E-state index contributed by atoms with van der Waals surface area (Å²) < 4.78 is 0. The minimum absolute atomic E-state index is 0.803. The molecule has 3 atom stereocenters. The molecule has 60 valence electrons. The first-order chi connectivity index (χ1) is 5.38. The largest absolute Gasteiger partial charge is 0.0814 e. The van der Waals surface area contributed by atoms with Gasteiger partial charge in [-0.3, -0.25) is 0 Å². The van der Waals surface area contributed by atoms with E-state index in [9.17, 15) is 0 Å². The molecular weight excluding hydrogens is 132 g/mol. The number of hydrogen-bond donors (Lipinski definition) is 0. The van der Waals surface area contributed by atoms with Gasteiger partial charge in [0, 0.05) is 0 Å². The molecule has 0 aliphatic heterocycles. The molecule has 0 heterocycles. The Balaban J connectivity index is 2.18. The summed E-state index contributed by atoms with van der Waals surface area (Å²) in [6.07, 6.45) is 13.5. The van der Waals surface area contributed by atoms with Crippen LogP contribution in [0.25, 0.3) is 0 Å². The zero-order chi connectivity index (χ0) is 7.68. The first kappa shape index (κ1) is 7.15. The van der Waals surface area contributed by atoms with Crippen LogP contribution >= 0.6 is 0 Å². The van der Waals surface area contributed by atoms with E-state index < -0.39 is 0 Å². The van der Waals surface area contributed by atoms with E-state index in [0.717, 1.165) is 17.8 Å². The van der Waals surface area contributed by atoms with Gasteiger partial charge >= 0.3 is 0 Å². The second-order valence-corrected chi connectivity index (χ2v) is 3.89. The quantitative estimate of drug-likeness (QED) is 0.495. The predicted molar refractivity (Wildman–Crippen MR) is 48.3 cm³/mol. The van der Waals surface area contributed by atoms with Crippen LogP contribution in [0, 0.1) is 17.8 Å². The number of fused-ring (bicyclic) bond motifs is 1. The van der Waals surface area contributed by atoms with Gasteiger partial charge in [-0.1, -0.05) is 37.6 Å². The molecule has 0 amide bonds. The van der Waals surface area contributed by atoms with E-state index in [1.807, 2.05) is 0 Å². The highest BCUT2D eigenvalue weighted by Crippen LogP contribution is 2.39. The predicted octanol–water partition coefficient (Wildman–Crippen LogP) is 3.16. The van der Waals surface area contributed by atoms with Crippen LogP contribution in [0.15, 0.2) is 24.3 Å². The highest BCUT2D eigenvalue weighted by atomic mass is 14.3. The van der Waals surface area contributed by atoms with Crippen LogP contribution in [0.4, 0.5) is 0 Å². The van der Waals surface area contributed by atoms with Crippen molar-refractivity contribution in [2.24, 2.45) is 17.8 Å². The second kappa shape index (κ2) is 2.84. The Morgan fingerprint density at radius 2 is 1.91 bits per heavy atom. The van der Waals surface area contributed by atoms with Crippen LogP contribution in [0.3, 0.4) is 0 Å². The number of rotatable bonds is 0. The van der Waals surface area contributed by atoms with Gasteiger partial charge < -0.3 is 0 Å². The standard InChI is InChI=1S/C11H16/c1-9-5-2-3-6-10-7-4-8-11(9)10/h2-3,5-6,9-11H,4,7-8H2,1H3/t9-,10?,11?/m0/s1. The van der Waals surface area contributed by atoms with Gasteiger partial charge in [0.15, 0.2) is 0 Å². The second-order valence-electron chi connectivity index (χ2n) is 3.89. The van der Waals surface area contributed by atoms with E-state index in [1.165, 1.54) is 19.3 Å². The molecule has 0 aromatic carbocycles. The highest BCUT2D eigenvalue weighted by Gasteiger charge is 2.28. The van der Waals surface area contributed by atoms with Crippen molar-refractivity contribution >= 4 is 0 Å². The topological polar surface area (TPSA) is 0 Å². The van der Waals surface area contributed by atoms with Crippen molar-refractivity contribution in [1.29, 1.82) is 0 Å². The van der Waals surface area contributed by atoms with Crippen LogP contribution in [0.2, 0.25) is 0 Å². The van der Waals surface area contributed by atoms with E-state index in [-0.39, 0.29) is 0 Å². The molecular formula is C11H16. The third-order valence-corrected chi connectivity index (χ3v) is 3.18. The summed E-state index contributed by atoms with van der Waals surface area (Å²) in [5.74, 6) is 2.64. The monoisotopic (exact) mass is 148 g/mol. The van der Waals surface area contributed by atoms with E-state index in [0.29, 0.717) is 0 Å². The van der Waals surface area contributed by atoms with Crippen molar-refractivity contribution in [2.75, 3.05) is 0 Å². The van der Waals surface area contributed by atoms with Gasteiger partial charge in [0.25, 0.3) is 0 Å². The SMILES string of the molecule is C[C@H]1C=CC=CC2CCCC21. The molecule has 0 aromatic rings. The van der Waals surface area contributed by atoms with Gasteiger partial charge in [-0.2, -0.15) is 0 Å². The summed E-state index contributed by atoms with van der Waals surface area (Å²) in [5.41, 5.74) is 0. The van der Waals surface area contributed by atoms with Crippen molar-refractivity contribution in [3.05, 3.63) is 24.3 Å². The van der Waals surface area contributed by atoms with Crippen molar-refractivity contribution in [2.45, 2.75) is 26.2 Å². The van der Waals surface area contributed by atoms with Crippen LogP contribution in [0.1, 0.15) is 26.2 Å². The Morgan fingerprint density at radius 3 is 2.82 bits per heavy atom. The summed E-state index contributed by atoms with van der Waals surface area (Å²) in [6, 6.07) is 0. The van der Waals surface area contributed by atoms with Crippen molar-refractivity contribution in [3.63, 3.8) is 0 Å². The van der Waals surface area contributed by atoms with Crippen molar-refractivity contribution in [3.8, 4) is 0 Å². The van der Waals surface area contributed by atoms with E-state index in [2.05, 4.69) is 31.2 Å². The summed E-state index contributed by atoms with van der Waals surface area (Å²) in [4.78, 5) is 0. The first-order valence-corrected chi connectivity index (χ1v) is 4.73. The van der Waals surface area contributed by atoms with Gasteiger partial charge in [-0.15, -0.1) is 0 Å². The fraction of sp³-hybridized carbons (Fsp3) is 0.636. The van der Waals surface area contributed by atoms with Gasteiger partial charge in [-0.25, -0.2) is 0 Å². The molecule has 0 bridgehead atoms. The van der Waals surface area contributed by atoms with E-state index >= 15 is 0 Å². The Bertz CT molecular complexity index is 188. The van der Waals surface area contributed by atoms with Gasteiger partial charge in [0.2, 0.25) is 0 Å². The normalized spacial score (nSPS) is 42.1. The lowest BCUT2D eigenvalue weighted by Crippen LogP contribution is -2.11. The molecule has 0 saturated heterocycles. The molecule has 0 radical (unpaired) electrons. The molecule has 0 nitrogen and oxygen atoms in total. The summed E-state index contributed by atoms with van der Waals surface area (Å²) in [7, 11) is 0. The first-order valence-electron chi connectivity index (χ1n) is 4.73. The molecule has 2 aliphatic carbocycles. The van der Waals surface area contributed by atoms with Crippen molar-refractivity contribution < 1.29 is 0 Å². The Hall–Kier alpha value is -0.520. The zero-order valence-electron chi connectivity index (χ0n) is 7.16. The fourth-order valence-corrected chi connectivity index (χ4v) is 2.50. The lowest BCUT2D eigenvalue weighted by molar-refractivity contribution is 0.372. The summed E-state index contributed by atoms with van der Waals surface area (Å²) in [6.45, 7) is 2.35. The van der Waals surface area contributed by atoms with Crippen LogP contribution in [-0.4, -0.2) is 0 Å². The van der Waals surface area contributed by atoms with Gasteiger partial charge in [0.1, 0.15) is 0 Å². The number of hydrogen-bond acceptors (Lipinski definition) is 0. The molecule has 0 heteroatoms. The minimum Gasteiger partial charge on any atom is -0.0814 e. The van der Waals surface area contributed by atoms with Crippen LogP contribution in [-0.2, 0) is 0 Å². The molecule has 0 N–H and O–H groups in total. The third-order valence-electron chi connectivity index (χ3n) is 3.18. The Labute approximate surface area is 69.0 Å². The zero-order valence-corrected chi connectivity index (χ0v) is 7.16. The maximum absolute atomic E-state index is 2.40. The summed E-state index contributed by atoms with van der Waals surface area (Å²) in [5, 5.41) is 0. The molecule has 1 saturated carbocycles. The maximum atomic E-state index is 2.40. The molecule has 2 aliphatic rings. The Kier molecular flexibility index (Phi) is 1.85. The molecule has 2 rings (SSSR count). The smallest absolute Gasteiger partial charge is 0.0197 e. The van der Waals surface area contributed by atoms with E-state index in [1.54, 1.807) is 0 Å². The lowest BCUT2D eigenvalue weighted by atomic mass is 9.86. The molecule has 2 unspecified atom stereocenters. The van der Waals surface area contributed by atoms with Crippen LogP contribution < -0.4 is 0 Å². The molecule has 11 heavy (non-hydrogen) atoms. The molecule has 0 aromatic heterocycles. The van der Waals surface area contributed by atoms with Gasteiger partial charge in [0.05, 0.1) is 0 Å². The number of allylic oxidation sites excluding steroid dienone is 4.